The lowest BCUT2D eigenvalue weighted by atomic mass is 10.0. The Morgan fingerprint density at radius 2 is 2.00 bits per heavy atom. The summed E-state index contributed by atoms with van der Waals surface area (Å²) in [5, 5.41) is 5.69. The van der Waals surface area contributed by atoms with Crippen LogP contribution >= 0.6 is 0 Å². The number of allylic oxidation sites excluding steroid dienone is 1. The summed E-state index contributed by atoms with van der Waals surface area (Å²) in [5.74, 6) is -0.174. The fraction of sp³-hybridized carbons (Fsp3) is 0.667. The van der Waals surface area contributed by atoms with Crippen LogP contribution in [0.25, 0.3) is 0 Å². The van der Waals surface area contributed by atoms with Gasteiger partial charge in [-0.25, -0.2) is 4.79 Å². The van der Waals surface area contributed by atoms with Crippen molar-refractivity contribution in [1.29, 1.82) is 0 Å². The maximum atomic E-state index is 13.2. The molecule has 0 aromatic rings. The molecule has 1 rings (SSSR count). The summed E-state index contributed by atoms with van der Waals surface area (Å²) in [6.45, 7) is 10.1. The van der Waals surface area contributed by atoms with Crippen LogP contribution in [0.3, 0.4) is 0 Å². The molecule has 154 valence electrons. The number of nitrogens with two attached hydrogens (primary N) is 2. The van der Waals surface area contributed by atoms with Crippen LogP contribution in [0, 0.1) is 5.92 Å². The lowest BCUT2D eigenvalue weighted by Gasteiger charge is -2.37. The number of methoxy groups -OCH3 is 2. The van der Waals surface area contributed by atoms with E-state index in [9.17, 15) is 9.59 Å². The molecule has 0 radical (unpaired) electrons. The molecule has 0 aliphatic carbocycles. The molecule has 1 heterocycles. The van der Waals surface area contributed by atoms with E-state index in [1.165, 1.54) is 27.3 Å². The van der Waals surface area contributed by atoms with Crippen molar-refractivity contribution in [2.45, 2.75) is 51.4 Å². The van der Waals surface area contributed by atoms with Crippen molar-refractivity contribution < 1.29 is 19.1 Å². The Bertz CT molecular complexity index is 588. The zero-order chi connectivity index (χ0) is 20.8. The molecular weight excluding hydrogens is 350 g/mol. The van der Waals surface area contributed by atoms with Gasteiger partial charge < -0.3 is 36.5 Å². The van der Waals surface area contributed by atoms with E-state index in [0.29, 0.717) is 12.2 Å². The predicted octanol–water partition coefficient (Wildman–Crippen LogP) is 0.583. The Morgan fingerprint density at radius 1 is 1.37 bits per heavy atom. The molecule has 0 aromatic heterocycles. The van der Waals surface area contributed by atoms with E-state index in [4.69, 9.17) is 16.2 Å². The van der Waals surface area contributed by atoms with Gasteiger partial charge in [0.15, 0.2) is 6.04 Å². The Labute approximate surface area is 161 Å². The standard InChI is InChI=1S/C18H33N5O4/c1-11(2)13(10-19)21-12(3)14-8-7-9-23(14)16(24)15(18(4,20)27-6)22-17(25)26-5/h10-11,14-15,21H,3,7-9,19-20H2,1-2,4-6H3,(H,22,25)/b13-10-. The molecule has 1 fully saturated rings. The Balaban J connectivity index is 3.03. The molecule has 0 bridgehead atoms. The van der Waals surface area contributed by atoms with Gasteiger partial charge in [0.1, 0.15) is 5.72 Å². The fourth-order valence-corrected chi connectivity index (χ4v) is 2.95. The highest BCUT2D eigenvalue weighted by Gasteiger charge is 2.43. The number of ether oxygens (including phenoxy) is 2. The van der Waals surface area contributed by atoms with Crippen molar-refractivity contribution in [3.63, 3.8) is 0 Å². The van der Waals surface area contributed by atoms with Gasteiger partial charge in [-0.05, 0) is 25.7 Å². The highest BCUT2D eigenvalue weighted by Crippen LogP contribution is 2.25. The quantitative estimate of drug-likeness (QED) is 0.451. The monoisotopic (exact) mass is 383 g/mol. The number of hydrogen-bond acceptors (Lipinski definition) is 7. The normalized spacial score (nSPS) is 20.8. The molecule has 9 heteroatoms. The first-order valence-corrected chi connectivity index (χ1v) is 8.95. The second-order valence-electron chi connectivity index (χ2n) is 7.07. The highest BCUT2D eigenvalue weighted by atomic mass is 16.5. The van der Waals surface area contributed by atoms with Crippen LogP contribution < -0.4 is 22.1 Å². The molecule has 3 atom stereocenters. The zero-order valence-corrected chi connectivity index (χ0v) is 16.9. The van der Waals surface area contributed by atoms with Gasteiger partial charge in [0.25, 0.3) is 0 Å². The smallest absolute Gasteiger partial charge is 0.407 e. The average molecular weight is 383 g/mol. The molecule has 1 aliphatic heterocycles. The minimum Gasteiger partial charge on any atom is -0.453 e. The summed E-state index contributed by atoms with van der Waals surface area (Å²) < 4.78 is 9.85. The number of likely N-dealkylation sites (tertiary alicyclic amines) is 1. The first-order valence-electron chi connectivity index (χ1n) is 8.95. The van der Waals surface area contributed by atoms with Gasteiger partial charge in [0, 0.05) is 31.2 Å². The van der Waals surface area contributed by atoms with Crippen LogP contribution in [-0.2, 0) is 14.3 Å². The van der Waals surface area contributed by atoms with Crippen molar-refractivity contribution in [2.24, 2.45) is 17.4 Å². The summed E-state index contributed by atoms with van der Waals surface area (Å²) in [6, 6.07) is -1.36. The lowest BCUT2D eigenvalue weighted by Crippen LogP contribution is -2.65. The molecule has 27 heavy (non-hydrogen) atoms. The number of carbonyl (C=O) groups excluding carboxylic acids is 2. The topological polar surface area (TPSA) is 132 Å². The van der Waals surface area contributed by atoms with E-state index in [1.54, 1.807) is 4.90 Å². The highest BCUT2D eigenvalue weighted by molar-refractivity contribution is 5.87. The van der Waals surface area contributed by atoms with E-state index in [-0.39, 0.29) is 17.9 Å². The Morgan fingerprint density at radius 3 is 2.48 bits per heavy atom. The average Bonchev–Trinajstić information content (AvgIpc) is 3.12. The summed E-state index contributed by atoms with van der Waals surface area (Å²) in [5.41, 5.74) is 11.8. The molecular formula is C18H33N5O4. The van der Waals surface area contributed by atoms with E-state index in [0.717, 1.165) is 18.5 Å². The van der Waals surface area contributed by atoms with Gasteiger partial charge in [0.2, 0.25) is 5.91 Å². The van der Waals surface area contributed by atoms with E-state index in [2.05, 4.69) is 21.9 Å². The SMILES string of the molecule is C=C(N/C(=C\N)C(C)C)C1CCCN1C(=O)C(NC(=O)OC)C(C)(N)OC. The van der Waals surface area contributed by atoms with Crippen molar-refractivity contribution in [1.82, 2.24) is 15.5 Å². The van der Waals surface area contributed by atoms with E-state index < -0.39 is 17.9 Å². The molecule has 3 unspecified atom stereocenters. The van der Waals surface area contributed by atoms with Gasteiger partial charge in [0.05, 0.1) is 13.2 Å². The van der Waals surface area contributed by atoms with Crippen LogP contribution in [0.1, 0.15) is 33.6 Å². The number of nitrogens with zero attached hydrogens (tertiary/aromatic N) is 1. The Kier molecular flexibility index (Phi) is 8.11. The molecule has 0 saturated carbocycles. The van der Waals surface area contributed by atoms with Crippen LogP contribution in [-0.4, -0.2) is 55.5 Å². The van der Waals surface area contributed by atoms with Crippen LogP contribution in [0.15, 0.2) is 24.2 Å². The van der Waals surface area contributed by atoms with Gasteiger partial charge in [-0.3, -0.25) is 4.79 Å². The van der Waals surface area contributed by atoms with Crippen molar-refractivity contribution >= 4 is 12.0 Å². The third-order valence-corrected chi connectivity index (χ3v) is 4.75. The zero-order valence-electron chi connectivity index (χ0n) is 16.9. The second kappa shape index (κ2) is 9.61. The van der Waals surface area contributed by atoms with Gasteiger partial charge in [-0.2, -0.15) is 0 Å². The summed E-state index contributed by atoms with van der Waals surface area (Å²) in [7, 11) is 2.59. The number of nitrogens with one attached hydrogen (secondary N) is 2. The van der Waals surface area contributed by atoms with Gasteiger partial charge >= 0.3 is 6.09 Å². The first-order chi connectivity index (χ1) is 12.6. The number of carbonyl (C=O) groups is 2. The predicted molar refractivity (Wildman–Crippen MR) is 103 cm³/mol. The van der Waals surface area contributed by atoms with Crippen LogP contribution in [0.2, 0.25) is 0 Å². The lowest BCUT2D eigenvalue weighted by molar-refractivity contribution is -0.141. The largest absolute Gasteiger partial charge is 0.453 e. The molecule has 0 aromatic carbocycles. The fourth-order valence-electron chi connectivity index (χ4n) is 2.95. The number of amides is 2. The van der Waals surface area contributed by atoms with E-state index in [1.807, 2.05) is 13.8 Å². The summed E-state index contributed by atoms with van der Waals surface area (Å²) in [6.07, 6.45) is 2.29. The molecule has 2 amide bonds. The summed E-state index contributed by atoms with van der Waals surface area (Å²) in [4.78, 5) is 26.6. The second-order valence-corrected chi connectivity index (χ2v) is 7.07. The third-order valence-electron chi connectivity index (χ3n) is 4.75. The van der Waals surface area contributed by atoms with Crippen LogP contribution in [0.4, 0.5) is 4.79 Å². The molecule has 0 spiro atoms. The molecule has 1 aliphatic rings. The minimum absolute atomic E-state index is 0.187. The maximum Gasteiger partial charge on any atom is 0.407 e. The van der Waals surface area contributed by atoms with Crippen molar-refractivity contribution in [2.75, 3.05) is 20.8 Å². The minimum atomic E-state index is -1.41. The number of alkyl carbamates (subject to hydrolysis) is 1. The Hall–Kier alpha value is -2.26. The van der Waals surface area contributed by atoms with Gasteiger partial charge in [-0.1, -0.05) is 20.4 Å². The van der Waals surface area contributed by atoms with Crippen LogP contribution in [0.5, 0.6) is 0 Å². The number of hydrogen-bond donors (Lipinski definition) is 4. The molecule has 6 N–H and O–H groups in total. The van der Waals surface area contributed by atoms with Crippen molar-refractivity contribution in [3.8, 4) is 0 Å². The number of rotatable bonds is 8. The molecule has 1 saturated heterocycles. The first kappa shape index (κ1) is 22.8. The third kappa shape index (κ3) is 5.61. The summed E-state index contributed by atoms with van der Waals surface area (Å²) >= 11 is 0. The maximum absolute atomic E-state index is 13.2. The van der Waals surface area contributed by atoms with Crippen molar-refractivity contribution in [3.05, 3.63) is 24.2 Å². The van der Waals surface area contributed by atoms with E-state index >= 15 is 0 Å². The molecule has 9 nitrogen and oxygen atoms in total. The van der Waals surface area contributed by atoms with Gasteiger partial charge in [-0.15, -0.1) is 0 Å².